The molecule has 24 heavy (non-hydrogen) atoms. The molecule has 2 aliphatic carbocycles. The molecule has 3 N–H and O–H groups in total. The van der Waals surface area contributed by atoms with E-state index in [-0.39, 0.29) is 17.6 Å². The third-order valence-electron chi connectivity index (χ3n) is 4.05. The van der Waals surface area contributed by atoms with E-state index in [0.717, 1.165) is 31.4 Å². The van der Waals surface area contributed by atoms with Crippen molar-refractivity contribution in [3.8, 4) is 0 Å². The lowest BCUT2D eigenvalue weighted by atomic mass is 10.2. The molecule has 1 aromatic carbocycles. The highest BCUT2D eigenvalue weighted by Gasteiger charge is 2.29. The van der Waals surface area contributed by atoms with Crippen LogP contribution in [-0.4, -0.2) is 23.1 Å². The van der Waals surface area contributed by atoms with Crippen molar-refractivity contribution in [2.24, 2.45) is 0 Å². The number of hydrogen-bond acceptors (Lipinski definition) is 4. The van der Waals surface area contributed by atoms with Crippen LogP contribution in [0.4, 0.5) is 16.2 Å². The number of nitrogens with zero attached hydrogens (tertiary/aromatic N) is 1. The fourth-order valence-corrected chi connectivity index (χ4v) is 2.37. The molecule has 2 aromatic rings. The molecule has 124 valence electrons. The smallest absolute Gasteiger partial charge is 0.319 e. The summed E-state index contributed by atoms with van der Waals surface area (Å²) in [5, 5.41) is 12.2. The highest BCUT2D eigenvalue weighted by atomic mass is 16.5. The Labute approximate surface area is 138 Å². The maximum absolute atomic E-state index is 12.1. The molecule has 0 radical (unpaired) electrons. The predicted octanol–water partition coefficient (Wildman–Crippen LogP) is 3.09. The van der Waals surface area contributed by atoms with Crippen molar-refractivity contribution in [3.05, 3.63) is 41.8 Å². The molecule has 0 spiro atoms. The zero-order chi connectivity index (χ0) is 16.5. The standard InChI is InChI=1S/C17H18N4O3/c22-16(14-9-15(24-21-14)10-1-2-10)18-11-3-5-12(6-4-11)19-17(23)20-13-7-8-13/h3-6,9-10,13H,1-2,7-8H2,(H,18,22)(H2,19,20,23). The number of nitrogens with one attached hydrogen (secondary N) is 3. The van der Waals surface area contributed by atoms with Gasteiger partial charge in [-0.2, -0.15) is 0 Å². The fraction of sp³-hybridized carbons (Fsp3) is 0.353. The number of carbonyl (C=O) groups excluding carboxylic acids is 2. The molecule has 0 saturated heterocycles. The molecule has 0 atom stereocenters. The van der Waals surface area contributed by atoms with E-state index in [9.17, 15) is 9.59 Å². The zero-order valence-electron chi connectivity index (χ0n) is 13.0. The fourth-order valence-electron chi connectivity index (χ4n) is 2.37. The Balaban J connectivity index is 1.33. The van der Waals surface area contributed by atoms with Gasteiger partial charge in [-0.25, -0.2) is 4.79 Å². The van der Waals surface area contributed by atoms with Crippen molar-refractivity contribution in [3.63, 3.8) is 0 Å². The Hall–Kier alpha value is -2.83. The maximum Gasteiger partial charge on any atom is 0.319 e. The summed E-state index contributed by atoms with van der Waals surface area (Å²) in [6, 6.07) is 8.74. The number of amides is 3. The van der Waals surface area contributed by atoms with Crippen molar-refractivity contribution < 1.29 is 14.1 Å². The molecular formula is C17H18N4O3. The monoisotopic (exact) mass is 326 g/mol. The third-order valence-corrected chi connectivity index (χ3v) is 4.05. The Morgan fingerprint density at radius 1 is 1.00 bits per heavy atom. The topological polar surface area (TPSA) is 96.3 Å². The summed E-state index contributed by atoms with van der Waals surface area (Å²) >= 11 is 0. The summed E-state index contributed by atoms with van der Waals surface area (Å²) in [7, 11) is 0. The minimum atomic E-state index is -0.308. The second kappa shape index (κ2) is 5.99. The van der Waals surface area contributed by atoms with Crippen molar-refractivity contribution >= 4 is 23.3 Å². The molecule has 1 aromatic heterocycles. The lowest BCUT2D eigenvalue weighted by Crippen LogP contribution is -2.30. The molecule has 0 aliphatic heterocycles. The molecule has 2 fully saturated rings. The van der Waals surface area contributed by atoms with Crippen molar-refractivity contribution in [2.75, 3.05) is 10.6 Å². The lowest BCUT2D eigenvalue weighted by molar-refractivity contribution is 0.101. The number of hydrogen-bond donors (Lipinski definition) is 3. The van der Waals surface area contributed by atoms with E-state index >= 15 is 0 Å². The van der Waals surface area contributed by atoms with Gasteiger partial charge in [-0.3, -0.25) is 4.79 Å². The number of urea groups is 1. The Bertz CT molecular complexity index is 760. The highest BCUT2D eigenvalue weighted by Crippen LogP contribution is 2.40. The number of rotatable bonds is 5. The Kier molecular flexibility index (Phi) is 3.68. The molecule has 4 rings (SSSR count). The van der Waals surface area contributed by atoms with Gasteiger partial charge in [-0.05, 0) is 49.9 Å². The first-order valence-electron chi connectivity index (χ1n) is 8.13. The molecule has 2 saturated carbocycles. The summed E-state index contributed by atoms with van der Waals surface area (Å²) < 4.78 is 5.18. The van der Waals surface area contributed by atoms with Gasteiger partial charge in [0, 0.05) is 29.4 Å². The largest absolute Gasteiger partial charge is 0.360 e. The SMILES string of the molecule is O=C(Nc1ccc(NC(=O)c2cc(C3CC3)on2)cc1)NC1CC1. The number of anilines is 2. The average Bonchev–Trinajstić information content (AvgIpc) is 3.50. The molecular weight excluding hydrogens is 308 g/mol. The first-order valence-corrected chi connectivity index (χ1v) is 8.13. The van der Waals surface area contributed by atoms with Gasteiger partial charge in [0.2, 0.25) is 0 Å². The molecule has 2 aliphatic rings. The minimum Gasteiger partial charge on any atom is -0.360 e. The van der Waals surface area contributed by atoms with Crippen LogP contribution in [0, 0.1) is 0 Å². The molecule has 1 heterocycles. The van der Waals surface area contributed by atoms with Crippen LogP contribution in [-0.2, 0) is 0 Å². The van der Waals surface area contributed by atoms with Gasteiger partial charge in [-0.15, -0.1) is 0 Å². The van der Waals surface area contributed by atoms with E-state index in [4.69, 9.17) is 4.52 Å². The minimum absolute atomic E-state index is 0.204. The van der Waals surface area contributed by atoms with Crippen molar-refractivity contribution in [1.82, 2.24) is 10.5 Å². The average molecular weight is 326 g/mol. The normalized spacial score (nSPS) is 16.5. The summed E-state index contributed by atoms with van der Waals surface area (Å²) in [5.41, 5.74) is 1.58. The number of benzene rings is 1. The van der Waals surface area contributed by atoms with E-state index in [1.807, 2.05) is 0 Å². The van der Waals surface area contributed by atoms with Gasteiger partial charge in [0.25, 0.3) is 5.91 Å². The van der Waals surface area contributed by atoms with Crippen molar-refractivity contribution in [1.29, 1.82) is 0 Å². The van der Waals surface area contributed by atoms with Crippen LogP contribution in [0.2, 0.25) is 0 Å². The first kappa shape index (κ1) is 14.7. The number of carbonyl (C=O) groups is 2. The third kappa shape index (κ3) is 3.56. The quantitative estimate of drug-likeness (QED) is 0.786. The maximum atomic E-state index is 12.1. The zero-order valence-corrected chi connectivity index (χ0v) is 13.0. The predicted molar refractivity (Wildman–Crippen MR) is 88.0 cm³/mol. The van der Waals surface area contributed by atoms with E-state index in [0.29, 0.717) is 23.3 Å². The van der Waals surface area contributed by atoms with Gasteiger partial charge in [-0.1, -0.05) is 5.16 Å². The van der Waals surface area contributed by atoms with Crippen LogP contribution < -0.4 is 16.0 Å². The Morgan fingerprint density at radius 2 is 1.67 bits per heavy atom. The second-order valence-electron chi connectivity index (χ2n) is 6.29. The summed E-state index contributed by atoms with van der Waals surface area (Å²) in [5.74, 6) is 0.894. The van der Waals surface area contributed by atoms with Gasteiger partial charge >= 0.3 is 6.03 Å². The van der Waals surface area contributed by atoms with Gasteiger partial charge < -0.3 is 20.5 Å². The Morgan fingerprint density at radius 3 is 2.29 bits per heavy atom. The van der Waals surface area contributed by atoms with E-state index in [1.165, 1.54) is 0 Å². The van der Waals surface area contributed by atoms with Crippen LogP contribution in [0.3, 0.4) is 0 Å². The molecule has 0 bridgehead atoms. The van der Waals surface area contributed by atoms with E-state index in [1.54, 1.807) is 30.3 Å². The lowest BCUT2D eigenvalue weighted by Gasteiger charge is -2.08. The van der Waals surface area contributed by atoms with Gasteiger partial charge in [0.1, 0.15) is 5.76 Å². The van der Waals surface area contributed by atoms with Crippen LogP contribution in [0.5, 0.6) is 0 Å². The van der Waals surface area contributed by atoms with Crippen LogP contribution in [0.25, 0.3) is 0 Å². The highest BCUT2D eigenvalue weighted by molar-refractivity contribution is 6.03. The molecule has 0 unspecified atom stereocenters. The second-order valence-corrected chi connectivity index (χ2v) is 6.29. The summed E-state index contributed by atoms with van der Waals surface area (Å²) in [4.78, 5) is 23.8. The molecule has 7 nitrogen and oxygen atoms in total. The van der Waals surface area contributed by atoms with Gasteiger partial charge in [0.05, 0.1) is 0 Å². The number of aromatic nitrogens is 1. The van der Waals surface area contributed by atoms with Gasteiger partial charge in [0.15, 0.2) is 5.69 Å². The van der Waals surface area contributed by atoms with Crippen LogP contribution >= 0.6 is 0 Å². The van der Waals surface area contributed by atoms with Crippen molar-refractivity contribution in [2.45, 2.75) is 37.6 Å². The molecule has 3 amide bonds. The van der Waals surface area contributed by atoms with E-state index < -0.39 is 0 Å². The summed E-state index contributed by atoms with van der Waals surface area (Å²) in [6.45, 7) is 0. The van der Waals surface area contributed by atoms with Crippen LogP contribution in [0.1, 0.15) is 47.8 Å². The summed E-state index contributed by atoms with van der Waals surface area (Å²) in [6.07, 6.45) is 4.28. The van der Waals surface area contributed by atoms with E-state index in [2.05, 4.69) is 21.1 Å². The molecule has 7 heteroatoms. The first-order chi connectivity index (χ1) is 11.7. The van der Waals surface area contributed by atoms with Crippen LogP contribution in [0.15, 0.2) is 34.9 Å².